The van der Waals surface area contributed by atoms with E-state index in [1.165, 1.54) is 0 Å². The predicted molar refractivity (Wildman–Crippen MR) is 79.0 cm³/mol. The van der Waals surface area contributed by atoms with Gasteiger partial charge in [-0.15, -0.1) is 0 Å². The van der Waals surface area contributed by atoms with Gasteiger partial charge in [0.05, 0.1) is 30.1 Å². The van der Waals surface area contributed by atoms with Gasteiger partial charge >= 0.3 is 0 Å². The highest BCUT2D eigenvalue weighted by Crippen LogP contribution is 2.36. The summed E-state index contributed by atoms with van der Waals surface area (Å²) in [7, 11) is 1.66. The zero-order chi connectivity index (χ0) is 14.6. The minimum absolute atomic E-state index is 0.549. The van der Waals surface area contributed by atoms with Crippen LogP contribution in [0.4, 0.5) is 0 Å². The molecule has 0 unspecified atom stereocenters. The highest BCUT2D eigenvalue weighted by Gasteiger charge is 2.38. The average molecular weight is 302 g/mol. The maximum atomic E-state index is 11.0. The first-order chi connectivity index (χ1) is 9.60. The molecular formula is C14H24ClN3O2. The lowest BCUT2D eigenvalue weighted by atomic mass is 9.88. The van der Waals surface area contributed by atoms with Crippen molar-refractivity contribution in [3.05, 3.63) is 16.9 Å². The number of methoxy groups -OCH3 is 1. The van der Waals surface area contributed by atoms with Crippen LogP contribution in [0, 0.1) is 0 Å². The van der Waals surface area contributed by atoms with E-state index in [1.54, 1.807) is 18.0 Å². The predicted octanol–water partition coefficient (Wildman–Crippen LogP) is 1.88. The van der Waals surface area contributed by atoms with Crippen molar-refractivity contribution in [3.8, 4) is 0 Å². The number of rotatable bonds is 6. The van der Waals surface area contributed by atoms with E-state index in [0.29, 0.717) is 31.0 Å². The third-order valence-electron chi connectivity index (χ3n) is 3.97. The minimum Gasteiger partial charge on any atom is -0.383 e. The SMILES string of the molecule is CCCN1CCC(O)(c2c(Cl)cnn2CCOC)CC1. The Kier molecular flexibility index (Phi) is 5.43. The second-order valence-electron chi connectivity index (χ2n) is 5.43. The van der Waals surface area contributed by atoms with Gasteiger partial charge in [0.15, 0.2) is 0 Å². The summed E-state index contributed by atoms with van der Waals surface area (Å²) in [6, 6.07) is 0. The molecule has 0 radical (unpaired) electrons. The lowest BCUT2D eigenvalue weighted by molar-refractivity contribution is -0.0331. The average Bonchev–Trinajstić information content (AvgIpc) is 2.81. The molecule has 1 aromatic rings. The van der Waals surface area contributed by atoms with Crippen molar-refractivity contribution in [3.63, 3.8) is 0 Å². The van der Waals surface area contributed by atoms with Crippen LogP contribution in [-0.2, 0) is 16.9 Å². The molecule has 0 aromatic carbocycles. The van der Waals surface area contributed by atoms with Crippen molar-refractivity contribution < 1.29 is 9.84 Å². The van der Waals surface area contributed by atoms with Gasteiger partial charge in [-0.2, -0.15) is 5.10 Å². The molecule has 0 amide bonds. The Morgan fingerprint density at radius 3 is 2.70 bits per heavy atom. The summed E-state index contributed by atoms with van der Waals surface area (Å²) in [5, 5.41) is 15.8. The summed E-state index contributed by atoms with van der Waals surface area (Å²) in [5.41, 5.74) is -0.127. The Bertz CT molecular complexity index is 428. The Labute approximate surface area is 125 Å². The minimum atomic E-state index is -0.869. The first kappa shape index (κ1) is 15.8. The quantitative estimate of drug-likeness (QED) is 0.871. The normalized spacial score (nSPS) is 19.4. The molecule has 2 rings (SSSR count). The molecule has 0 bridgehead atoms. The number of piperidine rings is 1. The molecule has 1 aromatic heterocycles. The molecule has 1 N–H and O–H groups in total. The second kappa shape index (κ2) is 6.89. The summed E-state index contributed by atoms with van der Waals surface area (Å²) < 4.78 is 6.86. The van der Waals surface area contributed by atoms with Gasteiger partial charge in [-0.05, 0) is 25.8 Å². The van der Waals surface area contributed by atoms with Gasteiger partial charge in [-0.1, -0.05) is 18.5 Å². The number of hydrogen-bond acceptors (Lipinski definition) is 4. The fraction of sp³-hybridized carbons (Fsp3) is 0.786. The summed E-state index contributed by atoms with van der Waals surface area (Å²) in [6.07, 6.45) is 4.16. The Hall–Kier alpha value is -0.620. The summed E-state index contributed by atoms with van der Waals surface area (Å²) >= 11 is 6.25. The maximum Gasteiger partial charge on any atom is 0.110 e. The summed E-state index contributed by atoms with van der Waals surface area (Å²) in [6.45, 7) is 6.24. The standard InChI is InChI=1S/C14H24ClN3O2/c1-3-6-17-7-4-14(19,5-8-17)13-12(15)11-16-18(13)9-10-20-2/h11,19H,3-10H2,1-2H3. The molecule has 0 saturated carbocycles. The van der Waals surface area contributed by atoms with Crippen molar-refractivity contribution in [1.29, 1.82) is 0 Å². The number of aromatic nitrogens is 2. The Morgan fingerprint density at radius 1 is 1.40 bits per heavy atom. The van der Waals surface area contributed by atoms with Crippen LogP contribution in [-0.4, -0.2) is 53.1 Å². The van der Waals surface area contributed by atoms with Crippen LogP contribution in [0.5, 0.6) is 0 Å². The van der Waals surface area contributed by atoms with Gasteiger partial charge in [0, 0.05) is 20.2 Å². The summed E-state index contributed by atoms with van der Waals surface area (Å²) in [4.78, 5) is 2.39. The zero-order valence-electron chi connectivity index (χ0n) is 12.3. The third kappa shape index (κ3) is 3.34. The second-order valence-corrected chi connectivity index (χ2v) is 5.84. The number of hydrogen-bond donors (Lipinski definition) is 1. The van der Waals surface area contributed by atoms with Crippen LogP contribution in [0.25, 0.3) is 0 Å². The van der Waals surface area contributed by atoms with Gasteiger partial charge < -0.3 is 14.7 Å². The largest absolute Gasteiger partial charge is 0.383 e. The zero-order valence-corrected chi connectivity index (χ0v) is 13.1. The number of likely N-dealkylation sites (tertiary alicyclic amines) is 1. The number of nitrogens with zero attached hydrogens (tertiary/aromatic N) is 3. The molecule has 6 heteroatoms. The molecule has 5 nitrogen and oxygen atoms in total. The molecule has 0 aliphatic carbocycles. The van der Waals surface area contributed by atoms with Crippen molar-refractivity contribution in [1.82, 2.24) is 14.7 Å². The Morgan fingerprint density at radius 2 is 2.10 bits per heavy atom. The van der Waals surface area contributed by atoms with E-state index in [0.717, 1.165) is 31.7 Å². The van der Waals surface area contributed by atoms with Crippen LogP contribution in [0.3, 0.4) is 0 Å². The van der Waals surface area contributed by atoms with E-state index in [9.17, 15) is 5.11 Å². The van der Waals surface area contributed by atoms with Gasteiger partial charge in [0.25, 0.3) is 0 Å². The summed E-state index contributed by atoms with van der Waals surface area (Å²) in [5.74, 6) is 0. The first-order valence-electron chi connectivity index (χ1n) is 7.26. The van der Waals surface area contributed by atoms with Crippen molar-refractivity contribution in [2.45, 2.75) is 38.3 Å². The maximum absolute atomic E-state index is 11.0. The smallest absolute Gasteiger partial charge is 0.110 e. The number of halogens is 1. The molecular weight excluding hydrogens is 278 g/mol. The molecule has 1 aliphatic heterocycles. The van der Waals surface area contributed by atoms with Crippen LogP contribution >= 0.6 is 11.6 Å². The van der Waals surface area contributed by atoms with Crippen LogP contribution in [0.15, 0.2) is 6.20 Å². The highest BCUT2D eigenvalue weighted by atomic mass is 35.5. The van der Waals surface area contributed by atoms with Crippen LogP contribution < -0.4 is 0 Å². The highest BCUT2D eigenvalue weighted by molar-refractivity contribution is 6.31. The fourth-order valence-electron chi connectivity index (χ4n) is 2.87. The van der Waals surface area contributed by atoms with Crippen LogP contribution in [0.2, 0.25) is 5.02 Å². The van der Waals surface area contributed by atoms with E-state index in [-0.39, 0.29) is 0 Å². The van der Waals surface area contributed by atoms with Gasteiger partial charge in [-0.25, -0.2) is 0 Å². The Balaban J connectivity index is 2.12. The lowest BCUT2D eigenvalue weighted by Gasteiger charge is -2.38. The monoisotopic (exact) mass is 301 g/mol. The molecule has 2 heterocycles. The molecule has 0 atom stereocenters. The van der Waals surface area contributed by atoms with Crippen molar-refractivity contribution in [2.24, 2.45) is 0 Å². The molecule has 114 valence electrons. The first-order valence-corrected chi connectivity index (χ1v) is 7.64. The van der Waals surface area contributed by atoms with E-state index in [2.05, 4.69) is 16.9 Å². The van der Waals surface area contributed by atoms with Gasteiger partial charge in [-0.3, -0.25) is 4.68 Å². The van der Waals surface area contributed by atoms with E-state index < -0.39 is 5.60 Å². The van der Waals surface area contributed by atoms with Crippen molar-refractivity contribution >= 4 is 11.6 Å². The topological polar surface area (TPSA) is 50.5 Å². The molecule has 20 heavy (non-hydrogen) atoms. The molecule has 1 fully saturated rings. The van der Waals surface area contributed by atoms with Crippen LogP contribution in [0.1, 0.15) is 31.9 Å². The van der Waals surface area contributed by atoms with E-state index in [4.69, 9.17) is 16.3 Å². The van der Waals surface area contributed by atoms with E-state index in [1.807, 2.05) is 0 Å². The fourth-order valence-corrected chi connectivity index (χ4v) is 3.19. The lowest BCUT2D eigenvalue weighted by Crippen LogP contribution is -2.44. The molecule has 1 aliphatic rings. The molecule has 0 spiro atoms. The number of ether oxygens (including phenoxy) is 1. The van der Waals surface area contributed by atoms with Crippen molar-refractivity contribution in [2.75, 3.05) is 33.4 Å². The molecule has 1 saturated heterocycles. The van der Waals surface area contributed by atoms with E-state index >= 15 is 0 Å². The third-order valence-corrected chi connectivity index (χ3v) is 4.24. The van der Waals surface area contributed by atoms with Gasteiger partial charge in [0.1, 0.15) is 5.60 Å². The van der Waals surface area contributed by atoms with Gasteiger partial charge in [0.2, 0.25) is 0 Å². The number of aliphatic hydroxyl groups is 1.